The molecule has 10 aromatic carbocycles. The van der Waals surface area contributed by atoms with Crippen molar-refractivity contribution in [3.63, 3.8) is 0 Å². The molecular formula is C81H51Br3N6O6. The van der Waals surface area contributed by atoms with E-state index in [2.05, 4.69) is 47.8 Å². The fourth-order valence-corrected chi connectivity index (χ4v) is 14.4. The average molecular weight is 1440 g/mol. The highest BCUT2D eigenvalue weighted by molar-refractivity contribution is 9.11. The van der Waals surface area contributed by atoms with Crippen molar-refractivity contribution in [2.24, 2.45) is 0 Å². The summed E-state index contributed by atoms with van der Waals surface area (Å²) < 4.78 is 22.2. The Hall–Kier alpha value is -11.1. The van der Waals surface area contributed by atoms with Crippen molar-refractivity contribution in [1.82, 2.24) is 15.0 Å². The summed E-state index contributed by atoms with van der Waals surface area (Å²) in [5.41, 5.74) is 13.3. The first-order valence-electron chi connectivity index (χ1n) is 30.9. The zero-order chi connectivity index (χ0) is 65.5. The highest BCUT2D eigenvalue weighted by Crippen LogP contribution is 2.46. The molecular weight excluding hydrogens is 1390 g/mol. The number of amides is 3. The number of hydrogen-bond acceptors (Lipinski definition) is 9. The highest BCUT2D eigenvalue weighted by Gasteiger charge is 2.33. The fraction of sp³-hybridized carbons (Fsp3) is 0.0370. The lowest BCUT2D eigenvalue weighted by Crippen LogP contribution is -2.31. The van der Waals surface area contributed by atoms with Crippen LogP contribution in [0.3, 0.4) is 0 Å². The largest absolute Gasteiger partial charge is 0.456 e. The van der Waals surface area contributed by atoms with E-state index in [0.717, 1.165) is 63.0 Å². The molecule has 0 unspecified atom stereocenters. The molecule has 0 radical (unpaired) electrons. The summed E-state index contributed by atoms with van der Waals surface area (Å²) in [6.45, 7) is 5.87. The first kappa shape index (κ1) is 59.9. The number of anilines is 6. The summed E-state index contributed by atoms with van der Waals surface area (Å²) in [5, 5.41) is 4.32. The van der Waals surface area contributed by atoms with Crippen molar-refractivity contribution in [3.05, 3.63) is 302 Å². The van der Waals surface area contributed by atoms with Crippen LogP contribution in [0.15, 0.2) is 282 Å². The Labute approximate surface area is 575 Å². The van der Waals surface area contributed by atoms with Crippen molar-refractivity contribution in [2.45, 2.75) is 20.8 Å². The van der Waals surface area contributed by atoms with E-state index in [9.17, 15) is 0 Å². The van der Waals surface area contributed by atoms with E-state index >= 15 is 14.4 Å². The summed E-state index contributed by atoms with van der Waals surface area (Å²) in [6, 6.07) is 74.0. The first-order valence-corrected chi connectivity index (χ1v) is 33.2. The number of pyridine rings is 3. The number of benzene rings is 10. The molecule has 0 spiro atoms. The van der Waals surface area contributed by atoms with E-state index in [4.69, 9.17) is 28.2 Å². The maximum absolute atomic E-state index is 16.9. The molecule has 16 rings (SSSR count). The number of carbonyl (C=O) groups is 3. The molecule has 6 heterocycles. The second-order valence-corrected chi connectivity index (χ2v) is 26.3. The van der Waals surface area contributed by atoms with Gasteiger partial charge in [0.15, 0.2) is 0 Å². The number of aromatic nitrogens is 3. The van der Waals surface area contributed by atoms with Gasteiger partial charge in [0.25, 0.3) is 17.7 Å². The third-order valence-corrected chi connectivity index (χ3v) is 18.9. The number of hydrogen-bond donors (Lipinski definition) is 0. The van der Waals surface area contributed by atoms with Crippen molar-refractivity contribution in [3.8, 4) is 33.8 Å². The van der Waals surface area contributed by atoms with Gasteiger partial charge in [-0.15, -0.1) is 0 Å². The van der Waals surface area contributed by atoms with Crippen LogP contribution >= 0.6 is 47.8 Å². The Bertz CT molecular complexity index is 5320. The average Bonchev–Trinajstić information content (AvgIpc) is 1.60. The minimum absolute atomic E-state index is 0.000165. The molecule has 3 amide bonds. The van der Waals surface area contributed by atoms with Crippen molar-refractivity contribution in [1.29, 1.82) is 0 Å². The van der Waals surface area contributed by atoms with Gasteiger partial charge < -0.3 is 13.3 Å². The number of nitrogens with zero attached hydrogens (tertiary/aromatic N) is 6. The SMILES string of the molecule is Cc1cc(N(C(=O)c2cc(C(=O)N(c3cnc(-c4cccc(Br)c4)c(C)c3)c3cccc4oc5ccccc5c34)cc(C(=O)N(c3cnc(-c4cccc(Br)c4)c(C)c3)c3cccc4oc5ccccc5c34)c2)c2cccc3oc4ccccc4c23)cnc1-c1cccc(Br)c1. The van der Waals surface area contributed by atoms with Gasteiger partial charge in [-0.1, -0.05) is 157 Å². The van der Waals surface area contributed by atoms with E-state index in [0.29, 0.717) is 101 Å². The van der Waals surface area contributed by atoms with E-state index in [-0.39, 0.29) is 16.7 Å². The van der Waals surface area contributed by atoms with Crippen LogP contribution in [-0.2, 0) is 0 Å². The number of aryl methyl sites for hydroxylation is 3. The Balaban J connectivity index is 0.953. The van der Waals surface area contributed by atoms with E-state index in [1.165, 1.54) is 0 Å². The van der Waals surface area contributed by atoms with Crippen LogP contribution in [-0.4, -0.2) is 32.7 Å². The Morgan fingerprint density at radius 3 is 0.865 bits per heavy atom. The van der Waals surface area contributed by atoms with Crippen LogP contribution in [0, 0.1) is 20.8 Å². The molecule has 0 atom stereocenters. The third kappa shape index (κ3) is 10.6. The number of halogens is 3. The van der Waals surface area contributed by atoms with Gasteiger partial charge in [-0.3, -0.25) is 44.0 Å². The van der Waals surface area contributed by atoms with Gasteiger partial charge >= 0.3 is 0 Å². The standard InChI is InChI=1S/C81H51Br3N6O6/c1-46-34-58(43-85-76(46)49-16-10-19-55(82)40-49)88(64-25-13-31-70-73(64)61-22-4-7-28-67(61)94-70)79(91)52-37-53(80(92)89(59-35-47(2)77(86-44-59)50-17-11-20-56(83)41-50)65-26-14-32-71-74(65)62-23-5-8-29-68(62)95-71)39-54(38-52)81(93)90(60-36-48(3)78(87-45-60)51-18-12-21-57(84)42-51)66-27-15-33-72-75(66)63-24-6-9-30-69(63)96-72/h4-45H,1-3H3. The van der Waals surface area contributed by atoms with Crippen LogP contribution < -0.4 is 14.7 Å². The predicted molar refractivity (Wildman–Crippen MR) is 393 cm³/mol. The number of fused-ring (bicyclic) bond motifs is 9. The zero-order valence-electron chi connectivity index (χ0n) is 51.5. The van der Waals surface area contributed by atoms with Gasteiger partial charge in [0.1, 0.15) is 33.5 Å². The second kappa shape index (κ2) is 24.3. The van der Waals surface area contributed by atoms with Crippen molar-refractivity contribution < 1.29 is 27.6 Å². The smallest absolute Gasteiger partial charge is 0.262 e. The van der Waals surface area contributed by atoms with Gasteiger partial charge in [0.2, 0.25) is 0 Å². The molecule has 15 heteroatoms. The highest BCUT2D eigenvalue weighted by atomic mass is 79.9. The molecule has 0 fully saturated rings. The predicted octanol–water partition coefficient (Wildman–Crippen LogP) is 22.7. The molecule has 16 aromatic rings. The van der Waals surface area contributed by atoms with Crippen LogP contribution in [0.25, 0.3) is 99.6 Å². The lowest BCUT2D eigenvalue weighted by molar-refractivity contribution is 0.0998. The van der Waals surface area contributed by atoms with E-state index in [1.807, 2.05) is 239 Å². The van der Waals surface area contributed by atoms with Gasteiger partial charge in [-0.25, -0.2) is 0 Å². The lowest BCUT2D eigenvalue weighted by Gasteiger charge is -2.28. The summed E-state index contributed by atoms with van der Waals surface area (Å²) in [6.07, 6.45) is 5.04. The topological polar surface area (TPSA) is 139 Å². The Morgan fingerprint density at radius 2 is 0.583 bits per heavy atom. The first-order chi connectivity index (χ1) is 46.8. The summed E-state index contributed by atoms with van der Waals surface area (Å²) in [4.78, 5) is 70.9. The third-order valence-electron chi connectivity index (χ3n) is 17.4. The molecule has 0 aliphatic heterocycles. The monoisotopic (exact) mass is 1440 g/mol. The van der Waals surface area contributed by atoms with Crippen LogP contribution in [0.1, 0.15) is 47.8 Å². The number of furan rings is 3. The molecule has 0 saturated carbocycles. The van der Waals surface area contributed by atoms with Gasteiger partial charge in [0.05, 0.1) is 86.0 Å². The second-order valence-electron chi connectivity index (χ2n) is 23.6. The van der Waals surface area contributed by atoms with Gasteiger partial charge in [-0.05, 0) is 165 Å². The number of rotatable bonds is 12. The normalized spacial score (nSPS) is 11.6. The van der Waals surface area contributed by atoms with Crippen LogP contribution in [0.5, 0.6) is 0 Å². The Kier molecular flexibility index (Phi) is 15.2. The summed E-state index contributed by atoms with van der Waals surface area (Å²) >= 11 is 10.9. The maximum Gasteiger partial charge on any atom is 0.262 e. The molecule has 462 valence electrons. The van der Waals surface area contributed by atoms with Crippen molar-refractivity contribution in [2.75, 3.05) is 14.7 Å². The van der Waals surface area contributed by atoms with E-state index < -0.39 is 17.7 Å². The summed E-state index contributed by atoms with van der Waals surface area (Å²) in [7, 11) is 0. The Morgan fingerprint density at radius 1 is 0.312 bits per heavy atom. The van der Waals surface area contributed by atoms with Crippen LogP contribution in [0.2, 0.25) is 0 Å². The van der Waals surface area contributed by atoms with Crippen molar-refractivity contribution >= 4 is 165 Å². The number of carbonyl (C=O) groups excluding carboxylic acids is 3. The minimum atomic E-state index is -0.580. The van der Waals surface area contributed by atoms with E-state index in [1.54, 1.807) is 51.5 Å². The van der Waals surface area contributed by atoms with Gasteiger partial charge in [0, 0.05) is 63.0 Å². The molecule has 6 aromatic heterocycles. The zero-order valence-corrected chi connectivity index (χ0v) is 56.3. The summed E-state index contributed by atoms with van der Waals surface area (Å²) in [5.74, 6) is -1.74. The number of para-hydroxylation sites is 3. The lowest BCUT2D eigenvalue weighted by atomic mass is 9.99. The molecule has 96 heavy (non-hydrogen) atoms. The minimum Gasteiger partial charge on any atom is -0.456 e. The molecule has 0 N–H and O–H groups in total. The maximum atomic E-state index is 16.9. The quantitative estimate of drug-likeness (QED) is 0.117. The molecule has 0 aliphatic rings. The molecule has 0 saturated heterocycles. The molecule has 12 nitrogen and oxygen atoms in total. The van der Waals surface area contributed by atoms with Crippen LogP contribution in [0.4, 0.5) is 34.1 Å². The fourth-order valence-electron chi connectivity index (χ4n) is 13.2. The van der Waals surface area contributed by atoms with Gasteiger partial charge in [-0.2, -0.15) is 0 Å². The molecule has 0 bridgehead atoms. The molecule has 0 aliphatic carbocycles.